The van der Waals surface area contributed by atoms with Crippen LogP contribution in [0.5, 0.6) is 0 Å². The van der Waals surface area contributed by atoms with E-state index in [1.807, 2.05) is 6.08 Å². The van der Waals surface area contributed by atoms with Crippen molar-refractivity contribution >= 4 is 0 Å². The number of hydrogen-bond acceptors (Lipinski definition) is 0. The molecule has 0 aromatic heterocycles. The molecule has 0 saturated carbocycles. The zero-order valence-electron chi connectivity index (χ0n) is 4.85. The summed E-state index contributed by atoms with van der Waals surface area (Å²) in [6, 6.07) is 0. The monoisotopic (exact) mass is 96.1 g/mol. The predicted molar refractivity (Wildman–Crippen MR) is 33.0 cm³/mol. The fourth-order valence-corrected chi connectivity index (χ4v) is 0.418. The highest BCUT2D eigenvalue weighted by molar-refractivity contribution is 4.82. The van der Waals surface area contributed by atoms with Crippen molar-refractivity contribution in [3.05, 3.63) is 19.1 Å². The van der Waals surface area contributed by atoms with Gasteiger partial charge in [0.15, 0.2) is 0 Å². The molecule has 0 aromatic carbocycles. The molecule has 0 aromatic rings. The van der Waals surface area contributed by atoms with Crippen molar-refractivity contribution in [2.75, 3.05) is 0 Å². The maximum absolute atomic E-state index is 5.09. The van der Waals surface area contributed by atoms with Crippen LogP contribution in [0.15, 0.2) is 12.2 Å². The van der Waals surface area contributed by atoms with Gasteiger partial charge in [0.25, 0.3) is 0 Å². The smallest absolute Gasteiger partial charge is 0.00958 e. The summed E-state index contributed by atoms with van der Waals surface area (Å²) in [5.74, 6) is 0. The van der Waals surface area contributed by atoms with Crippen LogP contribution in [0.1, 0.15) is 26.2 Å². The van der Waals surface area contributed by atoms with Gasteiger partial charge in [-0.15, -0.1) is 0 Å². The summed E-state index contributed by atoms with van der Waals surface area (Å²) in [6.45, 7) is 7.26. The zero-order chi connectivity index (χ0) is 5.54. The van der Waals surface area contributed by atoms with E-state index in [1.54, 1.807) is 6.08 Å². The number of unbranched alkanes of at least 4 members (excludes halogenated alkanes) is 2. The van der Waals surface area contributed by atoms with Gasteiger partial charge < -0.3 is 0 Å². The summed E-state index contributed by atoms with van der Waals surface area (Å²) in [6.07, 6.45) is 7.24. The standard InChI is InChI=1S/C7H12/c1-3-5-7-6-4-2/h1,3,5H,4,6-7H2,2H3/b5-3+. The first-order valence-electron chi connectivity index (χ1n) is 2.78. The van der Waals surface area contributed by atoms with Crippen LogP contribution in [0.2, 0.25) is 0 Å². The van der Waals surface area contributed by atoms with Gasteiger partial charge in [-0.25, -0.2) is 0 Å². The Morgan fingerprint density at radius 2 is 2.29 bits per heavy atom. The number of allylic oxidation sites excluding steroid dienone is 2. The number of rotatable bonds is 3. The molecule has 0 amide bonds. The minimum atomic E-state index is 1.13. The zero-order valence-corrected chi connectivity index (χ0v) is 4.85. The van der Waals surface area contributed by atoms with Crippen molar-refractivity contribution in [2.24, 2.45) is 0 Å². The molecule has 0 saturated heterocycles. The van der Waals surface area contributed by atoms with Gasteiger partial charge in [-0.05, 0) is 13.3 Å². The lowest BCUT2D eigenvalue weighted by molar-refractivity contribution is 0.815. The summed E-state index contributed by atoms with van der Waals surface area (Å²) in [5.41, 5.74) is 0. The van der Waals surface area contributed by atoms with Crippen molar-refractivity contribution in [3.63, 3.8) is 0 Å². The first-order chi connectivity index (χ1) is 3.41. The fraction of sp³-hybridized carbons (Fsp3) is 0.571. The maximum Gasteiger partial charge on any atom is -0.00958 e. The van der Waals surface area contributed by atoms with Crippen LogP contribution in [0.25, 0.3) is 0 Å². The molecule has 0 atom stereocenters. The molecule has 0 spiro atoms. The summed E-state index contributed by atoms with van der Waals surface area (Å²) in [5, 5.41) is 0. The van der Waals surface area contributed by atoms with Crippen LogP contribution >= 0.6 is 0 Å². The molecule has 0 aliphatic heterocycles. The Balaban J connectivity index is 2.69. The number of hydrogen-bond donors (Lipinski definition) is 0. The minimum absolute atomic E-state index is 1.13. The average Bonchev–Trinajstić information content (AvgIpc) is 1.69. The molecule has 0 aliphatic carbocycles. The largest absolute Gasteiger partial charge is 0.0882 e. The summed E-state index contributed by atoms with van der Waals surface area (Å²) in [4.78, 5) is 0. The third-order valence-corrected chi connectivity index (χ3v) is 0.860. The van der Waals surface area contributed by atoms with Gasteiger partial charge in [-0.1, -0.05) is 31.9 Å². The Hall–Kier alpha value is -0.260. The van der Waals surface area contributed by atoms with Crippen LogP contribution in [0.4, 0.5) is 0 Å². The van der Waals surface area contributed by atoms with Gasteiger partial charge in [0.05, 0.1) is 0 Å². The lowest BCUT2D eigenvalue weighted by atomic mass is 10.2. The van der Waals surface area contributed by atoms with E-state index < -0.39 is 0 Å². The topological polar surface area (TPSA) is 0 Å². The second-order valence-electron chi connectivity index (χ2n) is 1.57. The van der Waals surface area contributed by atoms with Crippen molar-refractivity contribution in [3.8, 4) is 0 Å². The van der Waals surface area contributed by atoms with Gasteiger partial charge in [0, 0.05) is 0 Å². The molecule has 7 heavy (non-hydrogen) atoms. The van der Waals surface area contributed by atoms with Crippen molar-refractivity contribution < 1.29 is 0 Å². The lowest BCUT2D eigenvalue weighted by Gasteiger charge is -1.83. The van der Waals surface area contributed by atoms with Crippen LogP contribution in [0.3, 0.4) is 0 Å². The van der Waals surface area contributed by atoms with Crippen LogP contribution in [-0.4, -0.2) is 0 Å². The first-order valence-corrected chi connectivity index (χ1v) is 2.78. The molecule has 0 nitrogen and oxygen atoms in total. The van der Waals surface area contributed by atoms with E-state index in [1.165, 1.54) is 12.8 Å². The van der Waals surface area contributed by atoms with E-state index in [-0.39, 0.29) is 0 Å². The lowest BCUT2D eigenvalue weighted by Crippen LogP contribution is -1.63. The van der Waals surface area contributed by atoms with Gasteiger partial charge in [-0.2, -0.15) is 0 Å². The average molecular weight is 96.2 g/mol. The van der Waals surface area contributed by atoms with E-state index in [0.717, 1.165) is 6.42 Å². The Kier molecular flexibility index (Phi) is 5.53. The van der Waals surface area contributed by atoms with E-state index >= 15 is 0 Å². The third-order valence-electron chi connectivity index (χ3n) is 0.860. The quantitative estimate of drug-likeness (QED) is 0.473. The fourth-order valence-electron chi connectivity index (χ4n) is 0.418. The van der Waals surface area contributed by atoms with Gasteiger partial charge >= 0.3 is 0 Å². The molecule has 40 valence electrons. The molecule has 0 heteroatoms. The Morgan fingerprint density at radius 1 is 1.57 bits per heavy atom. The van der Waals surface area contributed by atoms with Crippen molar-refractivity contribution in [1.29, 1.82) is 0 Å². The van der Waals surface area contributed by atoms with E-state index in [0.29, 0.717) is 0 Å². The Bertz CT molecular complexity index is 44.0. The molecular formula is C7H12. The SMILES string of the molecule is [CH]/C=C/CCCC. The van der Waals surface area contributed by atoms with Crippen LogP contribution in [0, 0.1) is 6.92 Å². The highest BCUT2D eigenvalue weighted by Crippen LogP contribution is 1.93. The summed E-state index contributed by atoms with van der Waals surface area (Å²) >= 11 is 0. The molecule has 0 N–H and O–H groups in total. The minimum Gasteiger partial charge on any atom is -0.0882 e. The predicted octanol–water partition coefficient (Wildman–Crippen LogP) is 2.44. The van der Waals surface area contributed by atoms with Crippen LogP contribution < -0.4 is 0 Å². The molecule has 0 unspecified atom stereocenters. The highest BCUT2D eigenvalue weighted by atomic mass is 13.8. The van der Waals surface area contributed by atoms with Gasteiger partial charge in [0.2, 0.25) is 0 Å². The molecule has 0 heterocycles. The Morgan fingerprint density at radius 3 is 2.71 bits per heavy atom. The van der Waals surface area contributed by atoms with E-state index in [9.17, 15) is 0 Å². The van der Waals surface area contributed by atoms with Gasteiger partial charge in [-0.3, -0.25) is 0 Å². The second kappa shape index (κ2) is 5.74. The van der Waals surface area contributed by atoms with E-state index in [2.05, 4.69) is 6.92 Å². The molecule has 0 aliphatic rings. The molecule has 0 fully saturated rings. The summed E-state index contributed by atoms with van der Waals surface area (Å²) < 4.78 is 0. The molecular weight excluding hydrogens is 84.1 g/mol. The van der Waals surface area contributed by atoms with E-state index in [4.69, 9.17) is 6.92 Å². The molecule has 0 rings (SSSR count). The molecule has 0 bridgehead atoms. The second-order valence-corrected chi connectivity index (χ2v) is 1.57. The van der Waals surface area contributed by atoms with Crippen LogP contribution in [-0.2, 0) is 0 Å². The first kappa shape index (κ1) is 6.74. The summed E-state index contributed by atoms with van der Waals surface area (Å²) in [7, 11) is 0. The van der Waals surface area contributed by atoms with Crippen molar-refractivity contribution in [1.82, 2.24) is 0 Å². The Labute approximate surface area is 46.2 Å². The van der Waals surface area contributed by atoms with Crippen molar-refractivity contribution in [2.45, 2.75) is 26.2 Å². The highest BCUT2D eigenvalue weighted by Gasteiger charge is 1.73. The maximum atomic E-state index is 5.09. The third kappa shape index (κ3) is 5.74. The molecule has 2 radical (unpaired) electrons. The van der Waals surface area contributed by atoms with Gasteiger partial charge in [0.1, 0.15) is 0 Å². The normalized spacial score (nSPS) is 10.6.